The minimum Gasteiger partial charge on any atom is -0.321 e. The molecule has 6 heteroatoms. The van der Waals surface area contributed by atoms with Gasteiger partial charge in [-0.05, 0) is 49.7 Å². The molecule has 2 aromatic heterocycles. The van der Waals surface area contributed by atoms with E-state index in [2.05, 4.69) is 30.1 Å². The second-order valence-corrected chi connectivity index (χ2v) is 8.34. The monoisotopic (exact) mass is 385 g/mol. The number of carbonyl (C=O) groups excluding carboxylic acids is 1. The normalized spacial score (nSPS) is 14.6. The van der Waals surface area contributed by atoms with Gasteiger partial charge >= 0.3 is 0 Å². The van der Waals surface area contributed by atoms with Crippen molar-refractivity contribution in [2.45, 2.75) is 32.9 Å². The summed E-state index contributed by atoms with van der Waals surface area (Å²) in [6, 6.07) is 11.8. The number of nitrogens with one attached hydrogen (secondary N) is 1. The molecule has 3 aromatic rings. The van der Waals surface area contributed by atoms with Gasteiger partial charge in [0.2, 0.25) is 0 Å². The van der Waals surface area contributed by atoms with Gasteiger partial charge in [-0.3, -0.25) is 9.69 Å². The van der Waals surface area contributed by atoms with Gasteiger partial charge in [0, 0.05) is 47.3 Å². The van der Waals surface area contributed by atoms with Gasteiger partial charge in [0.1, 0.15) is 4.83 Å². The van der Waals surface area contributed by atoms with E-state index in [1.165, 1.54) is 16.9 Å². The van der Waals surface area contributed by atoms with Gasteiger partial charge in [-0.25, -0.2) is 4.98 Å². The molecule has 0 radical (unpaired) electrons. The fourth-order valence-corrected chi connectivity index (χ4v) is 4.38. The van der Waals surface area contributed by atoms with Crippen molar-refractivity contribution in [1.29, 1.82) is 0 Å². The van der Waals surface area contributed by atoms with Crippen LogP contribution in [0.15, 0.2) is 36.4 Å². The third kappa shape index (κ3) is 3.47. The lowest BCUT2D eigenvalue weighted by Gasteiger charge is -2.31. The number of benzene rings is 1. The van der Waals surface area contributed by atoms with Crippen LogP contribution in [0, 0.1) is 0 Å². The van der Waals surface area contributed by atoms with Gasteiger partial charge in [0.15, 0.2) is 0 Å². The number of amides is 1. The first-order valence-electron chi connectivity index (χ1n) is 8.73. The maximum absolute atomic E-state index is 12.6. The molecule has 1 amide bonds. The van der Waals surface area contributed by atoms with Crippen molar-refractivity contribution in [3.8, 4) is 0 Å². The average Bonchev–Trinajstić information content (AvgIpc) is 3.02. The number of thiophene rings is 1. The van der Waals surface area contributed by atoms with E-state index >= 15 is 0 Å². The van der Waals surface area contributed by atoms with Crippen LogP contribution in [0.2, 0.25) is 5.02 Å². The Morgan fingerprint density at radius 3 is 2.92 bits per heavy atom. The largest absolute Gasteiger partial charge is 0.321 e. The van der Waals surface area contributed by atoms with Crippen LogP contribution in [-0.2, 0) is 13.0 Å². The molecule has 0 aliphatic carbocycles. The van der Waals surface area contributed by atoms with E-state index in [9.17, 15) is 4.79 Å². The second kappa shape index (κ2) is 6.99. The fraction of sp³-hybridized carbons (Fsp3) is 0.300. The summed E-state index contributed by atoms with van der Waals surface area (Å²) < 4.78 is 0. The Kier molecular flexibility index (Phi) is 4.69. The quantitative estimate of drug-likeness (QED) is 0.692. The smallest absolute Gasteiger partial charge is 0.265 e. The number of nitrogens with zero attached hydrogens (tertiary/aromatic N) is 2. The summed E-state index contributed by atoms with van der Waals surface area (Å²) in [5.41, 5.74) is 3.13. The summed E-state index contributed by atoms with van der Waals surface area (Å²) in [5.74, 6) is -0.128. The molecule has 4 rings (SSSR count). The number of carbonyl (C=O) groups is 1. The number of hydrogen-bond acceptors (Lipinski definition) is 4. The van der Waals surface area contributed by atoms with Crippen LogP contribution in [-0.4, -0.2) is 28.4 Å². The number of anilines is 1. The van der Waals surface area contributed by atoms with Crippen molar-refractivity contribution in [1.82, 2.24) is 9.88 Å². The number of hydrogen-bond donors (Lipinski definition) is 1. The summed E-state index contributed by atoms with van der Waals surface area (Å²) >= 11 is 7.42. The van der Waals surface area contributed by atoms with Gasteiger partial charge in [-0.2, -0.15) is 0 Å². The summed E-state index contributed by atoms with van der Waals surface area (Å²) in [7, 11) is 0. The standard InChI is InChI=1S/C20H20ClN3OS/c1-12(2)24-7-6-17-14(11-24)8-13-9-18(26-20(13)23-17)19(25)22-16-5-3-4-15(21)10-16/h3-5,8-10,12H,6-7,11H2,1-2H3,(H,22,25). The van der Waals surface area contributed by atoms with Crippen LogP contribution in [0.3, 0.4) is 0 Å². The second-order valence-electron chi connectivity index (χ2n) is 6.88. The van der Waals surface area contributed by atoms with Crippen molar-refractivity contribution >= 4 is 44.7 Å². The van der Waals surface area contributed by atoms with Crippen LogP contribution in [0.25, 0.3) is 10.2 Å². The molecule has 0 unspecified atom stereocenters. The minimum atomic E-state index is -0.128. The molecule has 1 N–H and O–H groups in total. The van der Waals surface area contributed by atoms with Crippen molar-refractivity contribution in [3.05, 3.63) is 57.6 Å². The molecular formula is C20H20ClN3OS. The van der Waals surface area contributed by atoms with Gasteiger partial charge in [-0.1, -0.05) is 17.7 Å². The highest BCUT2D eigenvalue weighted by molar-refractivity contribution is 7.20. The Morgan fingerprint density at radius 2 is 2.15 bits per heavy atom. The molecule has 0 atom stereocenters. The molecular weight excluding hydrogens is 366 g/mol. The Morgan fingerprint density at radius 1 is 1.31 bits per heavy atom. The molecule has 26 heavy (non-hydrogen) atoms. The molecule has 0 saturated carbocycles. The van der Waals surface area contributed by atoms with E-state index in [0.717, 1.165) is 35.4 Å². The third-order valence-corrected chi connectivity index (χ3v) is 6.00. The maximum Gasteiger partial charge on any atom is 0.265 e. The highest BCUT2D eigenvalue weighted by Crippen LogP contribution is 2.29. The van der Waals surface area contributed by atoms with E-state index in [1.54, 1.807) is 12.1 Å². The van der Waals surface area contributed by atoms with Gasteiger partial charge in [0.25, 0.3) is 5.91 Å². The first kappa shape index (κ1) is 17.5. The molecule has 0 spiro atoms. The third-order valence-electron chi connectivity index (χ3n) is 4.72. The Labute approximate surface area is 161 Å². The van der Waals surface area contributed by atoms with Crippen LogP contribution in [0.1, 0.15) is 34.8 Å². The Balaban J connectivity index is 1.61. The lowest BCUT2D eigenvalue weighted by atomic mass is 10.0. The zero-order valence-corrected chi connectivity index (χ0v) is 16.3. The van der Waals surface area contributed by atoms with Crippen LogP contribution < -0.4 is 5.32 Å². The molecule has 3 heterocycles. The molecule has 134 valence electrons. The number of fused-ring (bicyclic) bond motifs is 2. The van der Waals surface area contributed by atoms with E-state index in [4.69, 9.17) is 16.6 Å². The van der Waals surface area contributed by atoms with Gasteiger partial charge < -0.3 is 5.32 Å². The number of aromatic nitrogens is 1. The molecule has 0 bridgehead atoms. The highest BCUT2D eigenvalue weighted by Gasteiger charge is 2.21. The van der Waals surface area contributed by atoms with E-state index in [-0.39, 0.29) is 5.91 Å². The van der Waals surface area contributed by atoms with Gasteiger partial charge in [-0.15, -0.1) is 11.3 Å². The number of pyridine rings is 1. The molecule has 1 aliphatic rings. The summed E-state index contributed by atoms with van der Waals surface area (Å²) in [4.78, 5) is 21.4. The topological polar surface area (TPSA) is 45.2 Å². The van der Waals surface area contributed by atoms with Crippen LogP contribution >= 0.6 is 22.9 Å². The first-order valence-corrected chi connectivity index (χ1v) is 9.92. The molecule has 1 aliphatic heterocycles. The first-order chi connectivity index (χ1) is 12.5. The fourth-order valence-electron chi connectivity index (χ4n) is 3.26. The molecule has 4 nitrogen and oxygen atoms in total. The van der Waals surface area contributed by atoms with E-state index in [0.29, 0.717) is 21.6 Å². The lowest BCUT2D eigenvalue weighted by Crippen LogP contribution is -2.36. The van der Waals surface area contributed by atoms with Gasteiger partial charge in [0.05, 0.1) is 4.88 Å². The Hall–Kier alpha value is -1.95. The Bertz CT molecular complexity index is 982. The van der Waals surface area contributed by atoms with Crippen molar-refractivity contribution in [2.75, 3.05) is 11.9 Å². The summed E-state index contributed by atoms with van der Waals surface area (Å²) in [6.45, 7) is 6.41. The van der Waals surface area contributed by atoms with Crippen molar-refractivity contribution in [2.24, 2.45) is 0 Å². The maximum atomic E-state index is 12.6. The molecule has 0 fully saturated rings. The lowest BCUT2D eigenvalue weighted by molar-refractivity contribution is 0.103. The van der Waals surface area contributed by atoms with E-state index < -0.39 is 0 Å². The van der Waals surface area contributed by atoms with Crippen LogP contribution in [0.5, 0.6) is 0 Å². The highest BCUT2D eigenvalue weighted by atomic mass is 35.5. The zero-order chi connectivity index (χ0) is 18.3. The molecule has 0 saturated heterocycles. The number of halogens is 1. The minimum absolute atomic E-state index is 0.128. The van der Waals surface area contributed by atoms with Crippen LogP contribution in [0.4, 0.5) is 5.69 Å². The average molecular weight is 386 g/mol. The predicted octanol–water partition coefficient (Wildman–Crippen LogP) is 4.97. The predicted molar refractivity (Wildman–Crippen MR) is 108 cm³/mol. The SMILES string of the molecule is CC(C)N1CCc2nc3sc(C(=O)Nc4cccc(Cl)c4)cc3cc2C1. The van der Waals surface area contributed by atoms with E-state index in [1.807, 2.05) is 18.2 Å². The molecule has 1 aromatic carbocycles. The summed E-state index contributed by atoms with van der Waals surface area (Å²) in [5, 5.41) is 4.54. The number of rotatable bonds is 3. The van der Waals surface area contributed by atoms with Crippen molar-refractivity contribution in [3.63, 3.8) is 0 Å². The zero-order valence-electron chi connectivity index (χ0n) is 14.8. The summed E-state index contributed by atoms with van der Waals surface area (Å²) in [6.07, 6.45) is 0.964. The van der Waals surface area contributed by atoms with Crippen molar-refractivity contribution < 1.29 is 4.79 Å².